The van der Waals surface area contributed by atoms with E-state index < -0.39 is 17.7 Å². The van der Waals surface area contributed by atoms with E-state index in [2.05, 4.69) is 6.92 Å². The summed E-state index contributed by atoms with van der Waals surface area (Å²) in [6.45, 7) is 2.32. The van der Waals surface area contributed by atoms with Crippen molar-refractivity contribution >= 4 is 22.7 Å². The molecule has 0 aliphatic carbocycles. The van der Waals surface area contributed by atoms with E-state index in [0.717, 1.165) is 19.3 Å². The first-order valence-electron chi connectivity index (χ1n) is 14.8. The first-order chi connectivity index (χ1) is 21.3. The van der Waals surface area contributed by atoms with E-state index in [1.807, 2.05) is 0 Å². The van der Waals surface area contributed by atoms with Crippen LogP contribution in [0.4, 0.5) is 0 Å². The molecular weight excluding hydrogens is 568 g/mol. The number of carbonyl (C=O) groups excluding carboxylic acids is 2. The smallest absolute Gasteiger partial charge is 0.342 e. The number of hydrogen-bond acceptors (Lipinski definition) is 10. The van der Waals surface area contributed by atoms with Crippen LogP contribution in [-0.2, 0) is 9.47 Å². The van der Waals surface area contributed by atoms with Crippen LogP contribution in [0.5, 0.6) is 34.5 Å². The van der Waals surface area contributed by atoms with Gasteiger partial charge in [0.1, 0.15) is 11.3 Å². The minimum absolute atomic E-state index is 0.132. The number of rotatable bonds is 17. The van der Waals surface area contributed by atoms with Gasteiger partial charge in [0.2, 0.25) is 5.75 Å². The van der Waals surface area contributed by atoms with E-state index in [0.29, 0.717) is 23.5 Å². The summed E-state index contributed by atoms with van der Waals surface area (Å²) in [5.74, 6) is -0.726. The van der Waals surface area contributed by atoms with Gasteiger partial charge >= 0.3 is 11.9 Å². The molecule has 44 heavy (non-hydrogen) atoms. The molecule has 0 bridgehead atoms. The maximum absolute atomic E-state index is 13.7. The predicted octanol–water partition coefficient (Wildman–Crippen LogP) is 7.34. The number of benzene rings is 3. The Morgan fingerprint density at radius 1 is 0.659 bits per heavy atom. The number of carbonyl (C=O) groups is 2. The van der Waals surface area contributed by atoms with Crippen molar-refractivity contribution < 1.29 is 47.9 Å². The fourth-order valence-electron chi connectivity index (χ4n) is 5.35. The van der Waals surface area contributed by atoms with Gasteiger partial charge in [0.25, 0.3) is 0 Å². The maximum Gasteiger partial charge on any atom is 0.342 e. The Hall–Kier alpha value is -4.34. The molecule has 1 N–H and O–H groups in total. The van der Waals surface area contributed by atoms with Gasteiger partial charge < -0.3 is 38.3 Å². The zero-order valence-corrected chi connectivity index (χ0v) is 26.8. The van der Waals surface area contributed by atoms with Crippen molar-refractivity contribution in [2.24, 2.45) is 0 Å². The lowest BCUT2D eigenvalue weighted by molar-refractivity contribution is 0.0477. The second-order valence-corrected chi connectivity index (χ2v) is 10.2. The number of esters is 2. The summed E-state index contributed by atoms with van der Waals surface area (Å²) in [6, 6.07) is 6.54. The average Bonchev–Trinajstić information content (AvgIpc) is 3.05. The third-order valence-corrected chi connectivity index (χ3v) is 7.57. The van der Waals surface area contributed by atoms with Crippen LogP contribution in [-0.4, -0.2) is 66.3 Å². The van der Waals surface area contributed by atoms with Crippen LogP contribution < -0.4 is 23.7 Å². The third kappa shape index (κ3) is 7.23. The van der Waals surface area contributed by atoms with E-state index in [-0.39, 0.29) is 51.3 Å². The lowest BCUT2D eigenvalue weighted by Gasteiger charge is -2.22. The van der Waals surface area contributed by atoms with Gasteiger partial charge in [-0.05, 0) is 30.2 Å². The number of unbranched alkanes of at least 4 members (excludes halogenated alkanes) is 7. The Morgan fingerprint density at radius 3 is 1.84 bits per heavy atom. The van der Waals surface area contributed by atoms with Gasteiger partial charge in [0, 0.05) is 16.3 Å². The number of aromatic hydroxyl groups is 1. The second-order valence-electron chi connectivity index (χ2n) is 10.2. The summed E-state index contributed by atoms with van der Waals surface area (Å²) in [5.41, 5.74) is 0.164. The van der Waals surface area contributed by atoms with E-state index in [9.17, 15) is 14.7 Å². The highest BCUT2D eigenvalue weighted by atomic mass is 16.5. The highest BCUT2D eigenvalue weighted by Gasteiger charge is 2.34. The number of phenolic OH excluding ortho intramolecular Hbond substituents is 1. The summed E-state index contributed by atoms with van der Waals surface area (Å²) in [7, 11) is 8.51. The summed E-state index contributed by atoms with van der Waals surface area (Å²) in [5, 5.41) is 12.1. The Labute approximate surface area is 259 Å². The summed E-state index contributed by atoms with van der Waals surface area (Å²) in [4.78, 5) is 27.2. The van der Waals surface area contributed by atoms with Gasteiger partial charge in [0.05, 0.1) is 54.8 Å². The molecule has 3 rings (SSSR count). The molecule has 3 aromatic rings. The van der Waals surface area contributed by atoms with Crippen LogP contribution in [0.1, 0.15) is 79.0 Å². The molecule has 10 heteroatoms. The standard InChI is InChI=1S/C34H44O10/c1-8-9-10-11-12-13-14-15-18-44-34(37)29-28(33(36)43-7)26(21-16-17-23(38-2)24(19-21)39-3)27-22(30(29)35)20-25(40-4)31(41-5)32(27)42-6/h16-17,19-20,35H,8-15,18H2,1-7H3. The first-order valence-corrected chi connectivity index (χ1v) is 14.8. The molecule has 3 aromatic carbocycles. The van der Waals surface area contributed by atoms with Gasteiger partial charge in [-0.3, -0.25) is 0 Å². The van der Waals surface area contributed by atoms with Gasteiger partial charge in [-0.1, -0.05) is 57.9 Å². The predicted molar refractivity (Wildman–Crippen MR) is 168 cm³/mol. The molecule has 0 atom stereocenters. The zero-order chi connectivity index (χ0) is 32.2. The van der Waals surface area contributed by atoms with E-state index in [4.69, 9.17) is 33.2 Å². The number of phenols is 1. The largest absolute Gasteiger partial charge is 0.506 e. The van der Waals surface area contributed by atoms with Crippen LogP contribution in [0.2, 0.25) is 0 Å². The Kier molecular flexibility index (Phi) is 12.8. The van der Waals surface area contributed by atoms with Gasteiger partial charge in [0.15, 0.2) is 23.0 Å². The normalized spacial score (nSPS) is 10.8. The van der Waals surface area contributed by atoms with E-state index in [1.54, 1.807) is 18.2 Å². The van der Waals surface area contributed by atoms with Crippen LogP contribution in [0.15, 0.2) is 24.3 Å². The lowest BCUT2D eigenvalue weighted by atomic mass is 9.87. The van der Waals surface area contributed by atoms with Gasteiger partial charge in [-0.2, -0.15) is 0 Å². The SMILES string of the molecule is CCCCCCCCCCOC(=O)c1c(C(=O)OC)c(-c2ccc(OC)c(OC)c2)c2c(OC)c(OC)c(OC)cc2c1O. The molecule has 0 aliphatic rings. The third-order valence-electron chi connectivity index (χ3n) is 7.57. The monoisotopic (exact) mass is 612 g/mol. The number of ether oxygens (including phenoxy) is 7. The number of methoxy groups -OCH3 is 6. The van der Waals surface area contributed by atoms with Crippen LogP contribution in [0.3, 0.4) is 0 Å². The topological polar surface area (TPSA) is 119 Å². The number of hydrogen-bond donors (Lipinski definition) is 1. The first kappa shape index (κ1) is 34.2. The fourth-order valence-corrected chi connectivity index (χ4v) is 5.35. The lowest BCUT2D eigenvalue weighted by Crippen LogP contribution is -2.16. The average molecular weight is 613 g/mol. The summed E-state index contributed by atoms with van der Waals surface area (Å²) in [6.07, 6.45) is 8.59. The van der Waals surface area contributed by atoms with Crippen molar-refractivity contribution in [2.75, 3.05) is 49.3 Å². The van der Waals surface area contributed by atoms with E-state index >= 15 is 0 Å². The van der Waals surface area contributed by atoms with Crippen LogP contribution >= 0.6 is 0 Å². The molecule has 0 aliphatic heterocycles. The Bertz CT molecular complexity index is 1450. The second kappa shape index (κ2) is 16.5. The number of fused-ring (bicyclic) bond motifs is 1. The molecular formula is C34H44O10. The van der Waals surface area contributed by atoms with Gasteiger partial charge in [-0.15, -0.1) is 0 Å². The van der Waals surface area contributed by atoms with Crippen LogP contribution in [0, 0.1) is 0 Å². The van der Waals surface area contributed by atoms with E-state index in [1.165, 1.54) is 74.4 Å². The highest BCUT2D eigenvalue weighted by Crippen LogP contribution is 2.52. The van der Waals surface area contributed by atoms with Crippen molar-refractivity contribution in [3.8, 4) is 45.6 Å². The highest BCUT2D eigenvalue weighted by molar-refractivity contribution is 6.20. The van der Waals surface area contributed by atoms with Gasteiger partial charge in [-0.25, -0.2) is 9.59 Å². The van der Waals surface area contributed by atoms with Crippen molar-refractivity contribution in [3.05, 3.63) is 35.4 Å². The molecule has 0 fully saturated rings. The molecule has 0 radical (unpaired) electrons. The Balaban J connectivity index is 2.23. The summed E-state index contributed by atoms with van der Waals surface area (Å²) < 4.78 is 38.6. The minimum atomic E-state index is -0.858. The molecule has 0 unspecified atom stereocenters. The molecule has 0 amide bonds. The van der Waals surface area contributed by atoms with Crippen molar-refractivity contribution in [2.45, 2.75) is 58.3 Å². The fraction of sp³-hybridized carbons (Fsp3) is 0.471. The minimum Gasteiger partial charge on any atom is -0.506 e. The molecule has 0 spiro atoms. The summed E-state index contributed by atoms with van der Waals surface area (Å²) >= 11 is 0. The molecule has 0 saturated heterocycles. The molecule has 0 aromatic heterocycles. The van der Waals surface area contributed by atoms with Crippen molar-refractivity contribution in [1.29, 1.82) is 0 Å². The van der Waals surface area contributed by atoms with Crippen LogP contribution in [0.25, 0.3) is 21.9 Å². The molecule has 0 heterocycles. The molecule has 0 saturated carbocycles. The van der Waals surface area contributed by atoms with Crippen molar-refractivity contribution in [3.63, 3.8) is 0 Å². The Morgan fingerprint density at radius 2 is 1.27 bits per heavy atom. The zero-order valence-electron chi connectivity index (χ0n) is 26.8. The molecule has 240 valence electrons. The van der Waals surface area contributed by atoms with Crippen molar-refractivity contribution in [1.82, 2.24) is 0 Å². The maximum atomic E-state index is 13.7. The quantitative estimate of drug-likeness (QED) is 0.122. The molecule has 10 nitrogen and oxygen atoms in total.